The summed E-state index contributed by atoms with van der Waals surface area (Å²) in [6, 6.07) is 12.9. The van der Waals surface area contributed by atoms with Crippen LogP contribution in [0, 0.1) is 0 Å². The lowest BCUT2D eigenvalue weighted by Gasteiger charge is -2.09. The van der Waals surface area contributed by atoms with Crippen LogP contribution in [-0.2, 0) is 13.1 Å². The van der Waals surface area contributed by atoms with Crippen LogP contribution in [0.4, 0.5) is 0 Å². The Kier molecular flexibility index (Phi) is 4.66. The van der Waals surface area contributed by atoms with E-state index in [0.29, 0.717) is 13.1 Å². The molecule has 3 nitrogen and oxygen atoms in total. The van der Waals surface area contributed by atoms with E-state index >= 15 is 0 Å². The Morgan fingerprint density at radius 2 is 1.84 bits per heavy atom. The maximum atomic E-state index is 9.76. The minimum Gasteiger partial charge on any atom is -0.508 e. The van der Waals surface area contributed by atoms with Gasteiger partial charge in [-0.05, 0) is 29.8 Å². The van der Waals surface area contributed by atoms with Crippen LogP contribution >= 0.6 is 11.6 Å². The minimum atomic E-state index is 0.257. The Morgan fingerprint density at radius 3 is 2.58 bits per heavy atom. The van der Waals surface area contributed by atoms with Crippen molar-refractivity contribution in [3.05, 3.63) is 58.6 Å². The molecule has 0 saturated carbocycles. The van der Waals surface area contributed by atoms with Gasteiger partial charge in [-0.15, -0.1) is 0 Å². The van der Waals surface area contributed by atoms with Gasteiger partial charge in [0, 0.05) is 23.7 Å². The van der Waals surface area contributed by atoms with Gasteiger partial charge in [0.1, 0.15) is 11.5 Å². The van der Waals surface area contributed by atoms with E-state index in [4.69, 9.17) is 16.3 Å². The van der Waals surface area contributed by atoms with E-state index in [1.54, 1.807) is 19.2 Å². The number of ether oxygens (including phenoxy) is 1. The Morgan fingerprint density at radius 1 is 1.11 bits per heavy atom. The zero-order valence-electron chi connectivity index (χ0n) is 10.7. The molecule has 0 unspecified atom stereocenters. The molecule has 0 bridgehead atoms. The lowest BCUT2D eigenvalue weighted by atomic mass is 10.1. The number of phenolic OH excluding ortho intramolecular Hbond substituents is 1. The molecule has 19 heavy (non-hydrogen) atoms. The summed E-state index contributed by atoms with van der Waals surface area (Å²) in [6.07, 6.45) is 0. The fourth-order valence-electron chi connectivity index (χ4n) is 1.80. The van der Waals surface area contributed by atoms with Crippen molar-refractivity contribution in [3.8, 4) is 11.5 Å². The van der Waals surface area contributed by atoms with E-state index in [2.05, 4.69) is 5.32 Å². The molecule has 0 saturated heterocycles. The van der Waals surface area contributed by atoms with Crippen LogP contribution in [0.1, 0.15) is 11.1 Å². The van der Waals surface area contributed by atoms with Crippen LogP contribution in [0.15, 0.2) is 42.5 Å². The number of nitrogens with one attached hydrogen (secondary N) is 1. The number of phenols is 1. The highest BCUT2D eigenvalue weighted by Crippen LogP contribution is 2.23. The molecule has 2 aromatic rings. The number of methoxy groups -OCH3 is 1. The summed E-state index contributed by atoms with van der Waals surface area (Å²) in [7, 11) is 1.60. The van der Waals surface area contributed by atoms with Crippen LogP contribution in [0.3, 0.4) is 0 Å². The molecule has 0 amide bonds. The van der Waals surface area contributed by atoms with Gasteiger partial charge in [-0.25, -0.2) is 0 Å². The standard InChI is InChI=1S/C15H16ClNO2/c1-19-13-6-7-15(18)12(8-13)10-17-9-11-4-2-3-5-14(11)16/h2-8,17-18H,9-10H2,1H3. The molecular weight excluding hydrogens is 262 g/mol. The van der Waals surface area contributed by atoms with Crippen molar-refractivity contribution in [2.24, 2.45) is 0 Å². The summed E-state index contributed by atoms with van der Waals surface area (Å²) >= 11 is 6.08. The fraction of sp³-hybridized carbons (Fsp3) is 0.200. The molecule has 0 fully saturated rings. The summed E-state index contributed by atoms with van der Waals surface area (Å²) in [6.45, 7) is 1.20. The molecule has 0 heterocycles. The third-order valence-electron chi connectivity index (χ3n) is 2.88. The number of hydrogen-bond donors (Lipinski definition) is 2. The minimum absolute atomic E-state index is 0.257. The van der Waals surface area contributed by atoms with Crippen LogP contribution in [0.2, 0.25) is 5.02 Å². The largest absolute Gasteiger partial charge is 0.508 e. The summed E-state index contributed by atoms with van der Waals surface area (Å²) < 4.78 is 5.13. The fourth-order valence-corrected chi connectivity index (χ4v) is 2.01. The molecule has 0 aliphatic heterocycles. The molecule has 4 heteroatoms. The first-order chi connectivity index (χ1) is 9.20. The SMILES string of the molecule is COc1ccc(O)c(CNCc2ccccc2Cl)c1. The van der Waals surface area contributed by atoms with E-state index in [1.807, 2.05) is 30.3 Å². The van der Waals surface area contributed by atoms with Gasteiger partial charge in [0.2, 0.25) is 0 Å². The van der Waals surface area contributed by atoms with Gasteiger partial charge in [-0.3, -0.25) is 0 Å². The number of aromatic hydroxyl groups is 1. The van der Waals surface area contributed by atoms with Crippen molar-refractivity contribution in [1.82, 2.24) is 5.32 Å². The monoisotopic (exact) mass is 277 g/mol. The molecule has 2 rings (SSSR count). The smallest absolute Gasteiger partial charge is 0.120 e. The highest BCUT2D eigenvalue weighted by atomic mass is 35.5. The predicted molar refractivity (Wildman–Crippen MR) is 76.7 cm³/mol. The van der Waals surface area contributed by atoms with E-state index < -0.39 is 0 Å². The molecular formula is C15H16ClNO2. The zero-order chi connectivity index (χ0) is 13.7. The highest BCUT2D eigenvalue weighted by molar-refractivity contribution is 6.31. The van der Waals surface area contributed by atoms with Crippen LogP contribution < -0.4 is 10.1 Å². The summed E-state index contributed by atoms with van der Waals surface area (Å²) in [5, 5.41) is 13.8. The summed E-state index contributed by atoms with van der Waals surface area (Å²) in [4.78, 5) is 0. The van der Waals surface area contributed by atoms with Crippen molar-refractivity contribution in [2.75, 3.05) is 7.11 Å². The van der Waals surface area contributed by atoms with E-state index in [-0.39, 0.29) is 5.75 Å². The van der Waals surface area contributed by atoms with E-state index in [0.717, 1.165) is 21.9 Å². The third-order valence-corrected chi connectivity index (χ3v) is 3.24. The maximum absolute atomic E-state index is 9.76. The van der Waals surface area contributed by atoms with Crippen molar-refractivity contribution in [1.29, 1.82) is 0 Å². The first kappa shape index (κ1) is 13.7. The van der Waals surface area contributed by atoms with Crippen molar-refractivity contribution >= 4 is 11.6 Å². The number of halogens is 1. The van der Waals surface area contributed by atoms with Crippen LogP contribution in [0.5, 0.6) is 11.5 Å². The van der Waals surface area contributed by atoms with Gasteiger partial charge in [0.25, 0.3) is 0 Å². The molecule has 2 aromatic carbocycles. The second kappa shape index (κ2) is 6.45. The predicted octanol–water partition coefficient (Wildman–Crippen LogP) is 3.34. The second-order valence-electron chi connectivity index (χ2n) is 4.19. The number of hydrogen-bond acceptors (Lipinski definition) is 3. The second-order valence-corrected chi connectivity index (χ2v) is 4.60. The quantitative estimate of drug-likeness (QED) is 0.881. The van der Waals surface area contributed by atoms with E-state index in [9.17, 15) is 5.11 Å². The first-order valence-corrected chi connectivity index (χ1v) is 6.38. The Labute approximate surface area is 117 Å². The molecule has 2 N–H and O–H groups in total. The van der Waals surface area contributed by atoms with Gasteiger partial charge >= 0.3 is 0 Å². The van der Waals surface area contributed by atoms with Gasteiger partial charge in [-0.2, -0.15) is 0 Å². The normalized spacial score (nSPS) is 10.4. The molecule has 0 aliphatic carbocycles. The van der Waals surface area contributed by atoms with E-state index in [1.165, 1.54) is 0 Å². The summed E-state index contributed by atoms with van der Waals surface area (Å²) in [5.74, 6) is 0.986. The topological polar surface area (TPSA) is 41.5 Å². The van der Waals surface area contributed by atoms with Crippen molar-refractivity contribution in [2.45, 2.75) is 13.1 Å². The molecule has 0 atom stereocenters. The average Bonchev–Trinajstić information content (AvgIpc) is 2.43. The Balaban J connectivity index is 1.98. The van der Waals surface area contributed by atoms with Gasteiger partial charge in [0.15, 0.2) is 0 Å². The maximum Gasteiger partial charge on any atom is 0.120 e. The third kappa shape index (κ3) is 3.63. The Bertz CT molecular complexity index is 558. The molecule has 0 spiro atoms. The highest BCUT2D eigenvalue weighted by Gasteiger charge is 2.04. The lowest BCUT2D eigenvalue weighted by molar-refractivity contribution is 0.410. The van der Waals surface area contributed by atoms with Crippen molar-refractivity contribution in [3.63, 3.8) is 0 Å². The number of rotatable bonds is 5. The first-order valence-electron chi connectivity index (χ1n) is 6.00. The average molecular weight is 278 g/mol. The number of benzene rings is 2. The molecule has 0 aliphatic rings. The zero-order valence-corrected chi connectivity index (χ0v) is 11.4. The van der Waals surface area contributed by atoms with Crippen molar-refractivity contribution < 1.29 is 9.84 Å². The molecule has 0 aromatic heterocycles. The van der Waals surface area contributed by atoms with Crippen LogP contribution in [0.25, 0.3) is 0 Å². The van der Waals surface area contributed by atoms with Gasteiger partial charge in [0.05, 0.1) is 7.11 Å². The van der Waals surface area contributed by atoms with Gasteiger partial charge < -0.3 is 15.2 Å². The lowest BCUT2D eigenvalue weighted by Crippen LogP contribution is -2.13. The van der Waals surface area contributed by atoms with Crippen LogP contribution in [-0.4, -0.2) is 12.2 Å². The molecule has 0 radical (unpaired) electrons. The Hall–Kier alpha value is -1.71. The van der Waals surface area contributed by atoms with Gasteiger partial charge in [-0.1, -0.05) is 29.8 Å². The molecule has 100 valence electrons. The summed E-state index contributed by atoms with van der Waals surface area (Å²) in [5.41, 5.74) is 1.83.